The van der Waals surface area contributed by atoms with Crippen molar-refractivity contribution >= 4 is 17.6 Å². The van der Waals surface area contributed by atoms with Crippen LogP contribution in [-0.4, -0.2) is 28.0 Å². The molecule has 1 unspecified atom stereocenters. The number of ether oxygens (including phenoxy) is 1. The molecule has 0 saturated heterocycles. The maximum absolute atomic E-state index is 10.5. The van der Waals surface area contributed by atoms with Gasteiger partial charge in [0, 0.05) is 13.5 Å². The van der Waals surface area contributed by atoms with Crippen LogP contribution in [0.3, 0.4) is 0 Å². The molecule has 0 aliphatic carbocycles. The second kappa shape index (κ2) is 5.21. The van der Waals surface area contributed by atoms with Crippen molar-refractivity contribution in [2.45, 2.75) is 25.1 Å². The topological polar surface area (TPSA) is 64.3 Å². The molecule has 16 heavy (non-hydrogen) atoms. The molecule has 1 heterocycles. The van der Waals surface area contributed by atoms with Gasteiger partial charge in [-0.05, 0) is 13.3 Å². The number of aryl methyl sites for hydroxylation is 2. The fourth-order valence-corrected chi connectivity index (χ4v) is 2.01. The SMILES string of the molecule is COc1c(C(Cl)CCC(=O)O)c(C)nn1C. The number of nitrogens with zero attached hydrogens (tertiary/aromatic N) is 2. The monoisotopic (exact) mass is 246 g/mol. The van der Waals surface area contributed by atoms with Crippen LogP contribution in [0.1, 0.15) is 29.5 Å². The molecule has 0 aromatic carbocycles. The van der Waals surface area contributed by atoms with E-state index in [4.69, 9.17) is 21.4 Å². The van der Waals surface area contributed by atoms with Crippen molar-refractivity contribution in [2.24, 2.45) is 7.05 Å². The number of hydrogen-bond donors (Lipinski definition) is 1. The molecule has 0 bridgehead atoms. The van der Waals surface area contributed by atoms with E-state index in [9.17, 15) is 4.79 Å². The molecule has 1 N–H and O–H groups in total. The molecule has 6 heteroatoms. The number of aliphatic carboxylic acids is 1. The lowest BCUT2D eigenvalue weighted by molar-refractivity contribution is -0.137. The van der Waals surface area contributed by atoms with Crippen molar-refractivity contribution in [3.05, 3.63) is 11.3 Å². The number of halogens is 1. The van der Waals surface area contributed by atoms with E-state index in [-0.39, 0.29) is 11.8 Å². The lowest BCUT2D eigenvalue weighted by Gasteiger charge is -2.09. The number of hydrogen-bond acceptors (Lipinski definition) is 3. The van der Waals surface area contributed by atoms with Crippen LogP contribution in [0, 0.1) is 6.92 Å². The third-order valence-corrected chi connectivity index (χ3v) is 2.77. The second-order valence-corrected chi connectivity index (χ2v) is 4.06. The second-order valence-electron chi connectivity index (χ2n) is 3.53. The van der Waals surface area contributed by atoms with Crippen molar-refractivity contribution in [1.29, 1.82) is 0 Å². The number of rotatable bonds is 5. The van der Waals surface area contributed by atoms with Crippen molar-refractivity contribution in [3.8, 4) is 5.88 Å². The van der Waals surface area contributed by atoms with Gasteiger partial charge in [0.15, 0.2) is 0 Å². The minimum absolute atomic E-state index is 0.0334. The van der Waals surface area contributed by atoms with E-state index in [1.165, 1.54) is 0 Å². The lowest BCUT2D eigenvalue weighted by atomic mass is 10.1. The van der Waals surface area contributed by atoms with Crippen LogP contribution < -0.4 is 4.74 Å². The average molecular weight is 247 g/mol. The Kier molecular flexibility index (Phi) is 4.18. The molecule has 0 amide bonds. The lowest BCUT2D eigenvalue weighted by Crippen LogP contribution is -2.01. The Morgan fingerprint density at radius 2 is 2.31 bits per heavy atom. The summed E-state index contributed by atoms with van der Waals surface area (Å²) in [4.78, 5) is 10.5. The Hall–Kier alpha value is -1.23. The van der Waals surface area contributed by atoms with Crippen molar-refractivity contribution in [2.75, 3.05) is 7.11 Å². The van der Waals surface area contributed by atoms with Gasteiger partial charge < -0.3 is 9.84 Å². The first-order valence-corrected chi connectivity index (χ1v) is 5.34. The minimum Gasteiger partial charge on any atom is -0.481 e. The van der Waals surface area contributed by atoms with Gasteiger partial charge in [0.2, 0.25) is 5.88 Å². The van der Waals surface area contributed by atoms with Gasteiger partial charge in [-0.2, -0.15) is 5.10 Å². The van der Waals surface area contributed by atoms with Crippen LogP contribution in [0.5, 0.6) is 5.88 Å². The van der Waals surface area contributed by atoms with Crippen LogP contribution in [-0.2, 0) is 11.8 Å². The van der Waals surface area contributed by atoms with E-state index in [0.29, 0.717) is 12.3 Å². The average Bonchev–Trinajstić information content (AvgIpc) is 2.49. The van der Waals surface area contributed by atoms with Gasteiger partial charge in [0.05, 0.1) is 23.7 Å². The number of carboxylic acid groups (broad SMARTS) is 1. The number of aromatic nitrogens is 2. The zero-order chi connectivity index (χ0) is 12.3. The van der Waals surface area contributed by atoms with Crippen molar-refractivity contribution in [3.63, 3.8) is 0 Å². The van der Waals surface area contributed by atoms with Crippen LogP contribution in [0.25, 0.3) is 0 Å². The van der Waals surface area contributed by atoms with Gasteiger partial charge in [0.1, 0.15) is 0 Å². The van der Waals surface area contributed by atoms with Gasteiger partial charge in [-0.3, -0.25) is 4.79 Å². The highest BCUT2D eigenvalue weighted by atomic mass is 35.5. The van der Waals surface area contributed by atoms with Crippen LogP contribution >= 0.6 is 11.6 Å². The highest BCUT2D eigenvalue weighted by Crippen LogP contribution is 2.35. The maximum atomic E-state index is 10.5. The first kappa shape index (κ1) is 12.8. The van der Waals surface area contributed by atoms with Crippen molar-refractivity contribution in [1.82, 2.24) is 9.78 Å². The third-order valence-electron chi connectivity index (χ3n) is 2.33. The third kappa shape index (κ3) is 2.66. The summed E-state index contributed by atoms with van der Waals surface area (Å²) in [6.07, 6.45) is 0.394. The minimum atomic E-state index is -0.855. The number of carboxylic acids is 1. The summed E-state index contributed by atoms with van der Waals surface area (Å²) >= 11 is 6.16. The van der Waals surface area contributed by atoms with Crippen LogP contribution in [0.4, 0.5) is 0 Å². The van der Waals surface area contributed by atoms with Gasteiger partial charge in [-0.1, -0.05) is 0 Å². The number of methoxy groups -OCH3 is 1. The molecule has 1 atom stereocenters. The van der Waals surface area contributed by atoms with E-state index in [0.717, 1.165) is 11.3 Å². The van der Waals surface area contributed by atoms with Crippen LogP contribution in [0.2, 0.25) is 0 Å². The Bertz CT molecular complexity index is 390. The summed E-state index contributed by atoms with van der Waals surface area (Å²) < 4.78 is 6.79. The maximum Gasteiger partial charge on any atom is 0.303 e. The van der Waals surface area contributed by atoms with Gasteiger partial charge in [-0.15, -0.1) is 11.6 Å². The fourth-order valence-electron chi connectivity index (χ4n) is 1.65. The normalized spacial score (nSPS) is 12.5. The molecule has 0 spiro atoms. The Morgan fingerprint density at radius 3 is 2.81 bits per heavy atom. The standard InChI is InChI=1S/C10H15ClN2O3/c1-6-9(7(11)4-5-8(14)15)10(16-3)13(2)12-6/h7H,4-5H2,1-3H3,(H,14,15). The van der Waals surface area contributed by atoms with Crippen molar-refractivity contribution < 1.29 is 14.6 Å². The molecule has 0 fully saturated rings. The molecule has 1 aromatic rings. The smallest absolute Gasteiger partial charge is 0.303 e. The van der Waals surface area contributed by atoms with E-state index in [1.54, 1.807) is 18.8 Å². The molecule has 0 aliphatic rings. The summed E-state index contributed by atoms with van der Waals surface area (Å²) in [5, 5.41) is 12.4. The first-order valence-electron chi connectivity index (χ1n) is 4.90. The van der Waals surface area contributed by atoms with Gasteiger partial charge >= 0.3 is 5.97 Å². The summed E-state index contributed by atoms with van der Waals surface area (Å²) in [5.41, 5.74) is 1.54. The molecule has 90 valence electrons. The van der Waals surface area contributed by atoms with Gasteiger partial charge in [-0.25, -0.2) is 4.68 Å². The zero-order valence-corrected chi connectivity index (χ0v) is 10.3. The molecule has 0 aliphatic heterocycles. The fraction of sp³-hybridized carbons (Fsp3) is 0.600. The highest BCUT2D eigenvalue weighted by molar-refractivity contribution is 6.21. The number of alkyl halides is 1. The Balaban J connectivity index is 2.89. The van der Waals surface area contributed by atoms with E-state index in [2.05, 4.69) is 5.10 Å². The predicted molar refractivity (Wildman–Crippen MR) is 60.0 cm³/mol. The largest absolute Gasteiger partial charge is 0.481 e. The summed E-state index contributed by atoms with van der Waals surface area (Å²) in [6.45, 7) is 1.83. The molecule has 5 nitrogen and oxygen atoms in total. The molecule has 0 saturated carbocycles. The summed E-state index contributed by atoms with van der Waals surface area (Å²) in [5.74, 6) is -0.269. The van der Waals surface area contributed by atoms with E-state index < -0.39 is 5.97 Å². The Morgan fingerprint density at radius 1 is 1.69 bits per heavy atom. The van der Waals surface area contributed by atoms with Crippen LogP contribution in [0.15, 0.2) is 0 Å². The molecule has 0 radical (unpaired) electrons. The molecule has 1 aromatic heterocycles. The van der Waals surface area contributed by atoms with Gasteiger partial charge in [0.25, 0.3) is 0 Å². The number of carbonyl (C=O) groups is 1. The quantitative estimate of drug-likeness (QED) is 0.806. The molecule has 1 rings (SSSR count). The predicted octanol–water partition coefficient (Wildman–Crippen LogP) is 1.88. The first-order chi connectivity index (χ1) is 7.47. The molecular formula is C10H15ClN2O3. The highest BCUT2D eigenvalue weighted by Gasteiger charge is 2.21. The summed E-state index contributed by atoms with van der Waals surface area (Å²) in [7, 11) is 3.30. The summed E-state index contributed by atoms with van der Waals surface area (Å²) in [6, 6.07) is 0. The van der Waals surface area contributed by atoms with E-state index >= 15 is 0 Å². The molecular weight excluding hydrogens is 232 g/mol. The van der Waals surface area contributed by atoms with E-state index in [1.807, 2.05) is 6.92 Å². The zero-order valence-electron chi connectivity index (χ0n) is 9.53. The Labute approximate surface area is 99.0 Å².